The number of rotatable bonds is 5. The lowest BCUT2D eigenvalue weighted by Crippen LogP contribution is -2.33. The fourth-order valence-corrected chi connectivity index (χ4v) is 2.90. The standard InChI is InChI=1S/C17H27N3O/c1-13-11-14(2)16(18)12-15(13)17(21)19-7-6-10-20-8-4-3-5-9-20/h11-12H,3-10,18H2,1-2H3,(H,19,21). The van der Waals surface area contributed by atoms with Gasteiger partial charge in [0.05, 0.1) is 0 Å². The second-order valence-electron chi connectivity index (χ2n) is 6.04. The molecule has 1 aliphatic rings. The first kappa shape index (κ1) is 15.8. The third-order valence-corrected chi connectivity index (χ3v) is 4.24. The zero-order valence-electron chi connectivity index (χ0n) is 13.2. The minimum Gasteiger partial charge on any atom is -0.398 e. The maximum Gasteiger partial charge on any atom is 0.251 e. The van der Waals surface area contributed by atoms with Crippen LogP contribution < -0.4 is 11.1 Å². The molecule has 0 aliphatic carbocycles. The zero-order valence-corrected chi connectivity index (χ0v) is 13.2. The zero-order chi connectivity index (χ0) is 15.2. The van der Waals surface area contributed by atoms with Gasteiger partial charge in [-0.05, 0) is 69.9 Å². The highest BCUT2D eigenvalue weighted by Crippen LogP contribution is 2.17. The van der Waals surface area contributed by atoms with Crippen LogP contribution in [0.1, 0.15) is 47.2 Å². The van der Waals surface area contributed by atoms with Gasteiger partial charge >= 0.3 is 0 Å². The Bertz CT molecular complexity index is 493. The first-order valence-corrected chi connectivity index (χ1v) is 7.95. The third kappa shape index (κ3) is 4.46. The van der Waals surface area contributed by atoms with Gasteiger partial charge in [0.1, 0.15) is 0 Å². The maximum atomic E-state index is 12.2. The number of nitrogen functional groups attached to an aromatic ring is 1. The van der Waals surface area contributed by atoms with Crippen LogP contribution in [0.15, 0.2) is 12.1 Å². The van der Waals surface area contributed by atoms with Crippen molar-refractivity contribution in [3.8, 4) is 0 Å². The topological polar surface area (TPSA) is 58.4 Å². The van der Waals surface area contributed by atoms with Crippen molar-refractivity contribution >= 4 is 11.6 Å². The SMILES string of the molecule is Cc1cc(C)c(C(=O)NCCCN2CCCCC2)cc1N. The number of hydrogen-bond donors (Lipinski definition) is 2. The number of benzene rings is 1. The fraction of sp³-hybridized carbons (Fsp3) is 0.588. The smallest absolute Gasteiger partial charge is 0.251 e. The molecule has 1 aromatic rings. The van der Waals surface area contributed by atoms with Crippen LogP contribution in [0.3, 0.4) is 0 Å². The summed E-state index contributed by atoms with van der Waals surface area (Å²) in [6.45, 7) is 8.14. The molecule has 1 aliphatic heterocycles. The van der Waals surface area contributed by atoms with Crippen molar-refractivity contribution in [2.75, 3.05) is 31.9 Å². The highest BCUT2D eigenvalue weighted by molar-refractivity contribution is 5.96. The summed E-state index contributed by atoms with van der Waals surface area (Å²) in [5, 5.41) is 3.00. The summed E-state index contributed by atoms with van der Waals surface area (Å²) in [5.41, 5.74) is 9.27. The lowest BCUT2D eigenvalue weighted by molar-refractivity contribution is 0.0950. The van der Waals surface area contributed by atoms with Crippen LogP contribution in [0.25, 0.3) is 0 Å². The highest BCUT2D eigenvalue weighted by atomic mass is 16.1. The molecule has 0 bridgehead atoms. The Balaban J connectivity index is 1.78. The van der Waals surface area contributed by atoms with E-state index in [2.05, 4.69) is 10.2 Å². The largest absolute Gasteiger partial charge is 0.398 e. The molecule has 1 heterocycles. The summed E-state index contributed by atoms with van der Waals surface area (Å²) < 4.78 is 0. The number of aryl methyl sites for hydroxylation is 2. The normalized spacial score (nSPS) is 15.9. The van der Waals surface area contributed by atoms with E-state index in [4.69, 9.17) is 5.73 Å². The van der Waals surface area contributed by atoms with Gasteiger partial charge in [-0.25, -0.2) is 0 Å². The molecule has 3 N–H and O–H groups in total. The minimum atomic E-state index is -0.0159. The number of carbonyl (C=O) groups is 1. The molecule has 0 radical (unpaired) electrons. The van der Waals surface area contributed by atoms with E-state index < -0.39 is 0 Å². The molecule has 1 amide bonds. The molecule has 0 saturated carbocycles. The van der Waals surface area contributed by atoms with Crippen LogP contribution in [-0.4, -0.2) is 37.0 Å². The molecule has 1 aromatic carbocycles. The van der Waals surface area contributed by atoms with E-state index >= 15 is 0 Å². The molecule has 4 nitrogen and oxygen atoms in total. The molecule has 21 heavy (non-hydrogen) atoms. The Morgan fingerprint density at radius 2 is 1.90 bits per heavy atom. The molecule has 4 heteroatoms. The van der Waals surface area contributed by atoms with Gasteiger partial charge < -0.3 is 16.0 Å². The van der Waals surface area contributed by atoms with Crippen molar-refractivity contribution in [2.45, 2.75) is 39.5 Å². The molecule has 1 fully saturated rings. The molecular weight excluding hydrogens is 262 g/mol. The van der Waals surface area contributed by atoms with Gasteiger partial charge in [0.2, 0.25) is 0 Å². The number of carbonyl (C=O) groups excluding carboxylic acids is 1. The van der Waals surface area contributed by atoms with Gasteiger partial charge in [-0.2, -0.15) is 0 Å². The second-order valence-corrected chi connectivity index (χ2v) is 6.04. The summed E-state index contributed by atoms with van der Waals surface area (Å²) in [6, 6.07) is 3.75. The Morgan fingerprint density at radius 3 is 2.62 bits per heavy atom. The molecule has 1 saturated heterocycles. The van der Waals surface area contributed by atoms with Crippen LogP contribution in [0.2, 0.25) is 0 Å². The van der Waals surface area contributed by atoms with Crippen molar-refractivity contribution in [1.29, 1.82) is 0 Å². The van der Waals surface area contributed by atoms with Gasteiger partial charge in [-0.1, -0.05) is 12.5 Å². The number of nitrogens with two attached hydrogens (primary N) is 1. The Morgan fingerprint density at radius 1 is 1.19 bits per heavy atom. The van der Waals surface area contributed by atoms with E-state index in [1.54, 1.807) is 6.07 Å². The van der Waals surface area contributed by atoms with E-state index in [1.807, 2.05) is 19.9 Å². The van der Waals surface area contributed by atoms with Crippen molar-refractivity contribution in [1.82, 2.24) is 10.2 Å². The number of nitrogens with zero attached hydrogens (tertiary/aromatic N) is 1. The van der Waals surface area contributed by atoms with E-state index in [0.29, 0.717) is 11.3 Å². The molecule has 0 spiro atoms. The molecule has 0 unspecified atom stereocenters. The van der Waals surface area contributed by atoms with Crippen LogP contribution in [0.4, 0.5) is 5.69 Å². The van der Waals surface area contributed by atoms with E-state index in [0.717, 1.165) is 30.6 Å². The first-order chi connectivity index (χ1) is 10.1. The van der Waals surface area contributed by atoms with Gasteiger partial charge in [0.25, 0.3) is 5.91 Å². The Kier molecular flexibility index (Phi) is 5.62. The summed E-state index contributed by atoms with van der Waals surface area (Å²) in [6.07, 6.45) is 5.00. The van der Waals surface area contributed by atoms with E-state index in [-0.39, 0.29) is 5.91 Å². The summed E-state index contributed by atoms with van der Waals surface area (Å²) in [7, 11) is 0. The number of amides is 1. The number of nitrogens with one attached hydrogen (secondary N) is 1. The Labute approximate surface area is 127 Å². The second kappa shape index (κ2) is 7.46. The van der Waals surface area contributed by atoms with Gasteiger partial charge in [0, 0.05) is 17.8 Å². The molecule has 116 valence electrons. The third-order valence-electron chi connectivity index (χ3n) is 4.24. The van der Waals surface area contributed by atoms with Crippen molar-refractivity contribution in [2.24, 2.45) is 0 Å². The number of likely N-dealkylation sites (tertiary alicyclic amines) is 1. The van der Waals surface area contributed by atoms with Crippen molar-refractivity contribution in [3.05, 3.63) is 28.8 Å². The molecular formula is C17H27N3O. The number of hydrogen-bond acceptors (Lipinski definition) is 3. The van der Waals surface area contributed by atoms with Gasteiger partial charge in [-0.15, -0.1) is 0 Å². The van der Waals surface area contributed by atoms with E-state index in [1.165, 1.54) is 32.4 Å². The van der Waals surface area contributed by atoms with E-state index in [9.17, 15) is 4.79 Å². The highest BCUT2D eigenvalue weighted by Gasteiger charge is 2.12. The van der Waals surface area contributed by atoms with Crippen LogP contribution in [0.5, 0.6) is 0 Å². The molecule has 0 atom stereocenters. The van der Waals surface area contributed by atoms with Gasteiger partial charge in [0.15, 0.2) is 0 Å². The monoisotopic (exact) mass is 289 g/mol. The summed E-state index contributed by atoms with van der Waals surface area (Å²) in [5.74, 6) is -0.0159. The molecule has 2 rings (SSSR count). The van der Waals surface area contributed by atoms with Crippen LogP contribution >= 0.6 is 0 Å². The predicted octanol–water partition coefficient (Wildman–Crippen LogP) is 2.49. The van der Waals surface area contributed by atoms with Gasteiger partial charge in [-0.3, -0.25) is 4.79 Å². The number of anilines is 1. The predicted molar refractivity (Wildman–Crippen MR) is 87.6 cm³/mol. The van der Waals surface area contributed by atoms with Crippen molar-refractivity contribution < 1.29 is 4.79 Å². The van der Waals surface area contributed by atoms with Crippen LogP contribution in [0, 0.1) is 13.8 Å². The average Bonchev–Trinajstić information content (AvgIpc) is 2.48. The van der Waals surface area contributed by atoms with Crippen molar-refractivity contribution in [3.63, 3.8) is 0 Å². The Hall–Kier alpha value is -1.55. The lowest BCUT2D eigenvalue weighted by atomic mass is 10.0. The quantitative estimate of drug-likeness (QED) is 0.647. The minimum absolute atomic E-state index is 0.0159. The maximum absolute atomic E-state index is 12.2. The number of piperidine rings is 1. The lowest BCUT2D eigenvalue weighted by Gasteiger charge is -2.26. The summed E-state index contributed by atoms with van der Waals surface area (Å²) in [4.78, 5) is 14.7. The fourth-order valence-electron chi connectivity index (χ4n) is 2.90. The average molecular weight is 289 g/mol. The molecule has 0 aromatic heterocycles. The first-order valence-electron chi connectivity index (χ1n) is 7.95. The summed E-state index contributed by atoms with van der Waals surface area (Å²) >= 11 is 0. The van der Waals surface area contributed by atoms with Crippen LogP contribution in [-0.2, 0) is 0 Å².